The number of ether oxygens (including phenoxy) is 1. The number of rotatable bonds is 9. The van der Waals surface area contributed by atoms with Gasteiger partial charge >= 0.3 is 12.3 Å². The molecule has 0 bridgehead atoms. The van der Waals surface area contributed by atoms with Gasteiger partial charge < -0.3 is 20.3 Å². The van der Waals surface area contributed by atoms with Gasteiger partial charge in [0.1, 0.15) is 5.75 Å². The van der Waals surface area contributed by atoms with E-state index >= 15 is 0 Å². The number of carbonyl (C=O) groups is 2. The van der Waals surface area contributed by atoms with Crippen molar-refractivity contribution in [3.05, 3.63) is 71.4 Å². The van der Waals surface area contributed by atoms with Gasteiger partial charge in [-0.05, 0) is 54.4 Å². The van der Waals surface area contributed by atoms with Crippen LogP contribution in [-0.2, 0) is 17.8 Å². The fraction of sp³-hybridized carbons (Fsp3) is 0.261. The molecule has 0 fully saturated rings. The summed E-state index contributed by atoms with van der Waals surface area (Å²) in [7, 11) is 0. The van der Waals surface area contributed by atoms with Crippen LogP contribution in [0.2, 0.25) is 0 Å². The first-order valence-corrected chi connectivity index (χ1v) is 10.3. The van der Waals surface area contributed by atoms with Gasteiger partial charge in [0.15, 0.2) is 6.10 Å². The third kappa shape index (κ3) is 6.58. The summed E-state index contributed by atoms with van der Waals surface area (Å²) >= 11 is 0. The Morgan fingerprint density at radius 1 is 1.12 bits per heavy atom. The molecule has 0 aliphatic rings. The minimum atomic E-state index is -4.76. The van der Waals surface area contributed by atoms with Crippen LogP contribution < -0.4 is 10.1 Å². The molecule has 3 rings (SSSR count). The second-order valence-corrected chi connectivity index (χ2v) is 7.37. The Kier molecular flexibility index (Phi) is 7.57. The topological polar surface area (TPSA) is 114 Å². The van der Waals surface area contributed by atoms with Crippen molar-refractivity contribution in [2.24, 2.45) is 0 Å². The molecular weight excluding hydrogens is 455 g/mol. The van der Waals surface area contributed by atoms with Crippen LogP contribution in [0.4, 0.5) is 13.2 Å². The number of benzene rings is 2. The summed E-state index contributed by atoms with van der Waals surface area (Å²) in [5, 5.41) is 24.8. The molecule has 1 amide bonds. The number of aromatic nitrogens is 2. The number of carboxylic acids is 1. The summed E-state index contributed by atoms with van der Waals surface area (Å²) in [6, 6.07) is 13.9. The van der Waals surface area contributed by atoms with E-state index in [4.69, 9.17) is 5.11 Å². The van der Waals surface area contributed by atoms with Crippen molar-refractivity contribution in [3.8, 4) is 17.0 Å². The van der Waals surface area contributed by atoms with E-state index in [0.717, 1.165) is 11.3 Å². The minimum absolute atomic E-state index is 0.305. The summed E-state index contributed by atoms with van der Waals surface area (Å²) < 4.78 is 42.7. The zero-order chi connectivity index (χ0) is 24.9. The van der Waals surface area contributed by atoms with Gasteiger partial charge in [-0.1, -0.05) is 19.1 Å². The number of alkyl halides is 3. The van der Waals surface area contributed by atoms with Crippen LogP contribution in [0.15, 0.2) is 54.6 Å². The second kappa shape index (κ2) is 10.4. The monoisotopic (exact) mass is 477 g/mol. The van der Waals surface area contributed by atoms with Crippen molar-refractivity contribution in [2.75, 3.05) is 6.54 Å². The quantitative estimate of drug-likeness (QED) is 0.436. The smallest absolute Gasteiger partial charge is 0.479 e. The Morgan fingerprint density at radius 3 is 2.32 bits per heavy atom. The van der Waals surface area contributed by atoms with Crippen LogP contribution in [0, 0.1) is 0 Å². The normalized spacial score (nSPS) is 12.3. The average Bonchev–Trinajstić information content (AvgIpc) is 3.19. The lowest BCUT2D eigenvalue weighted by Gasteiger charge is -2.09. The largest absolute Gasteiger partial charge is 0.573 e. The number of carbonyl (C=O) groups excluding carboxylic acids is 1. The molecular formula is C23H22F3N3O5. The predicted molar refractivity (Wildman–Crippen MR) is 115 cm³/mol. The molecule has 0 saturated heterocycles. The summed E-state index contributed by atoms with van der Waals surface area (Å²) in [6.45, 7) is 1.95. The van der Waals surface area contributed by atoms with Crippen molar-refractivity contribution in [1.29, 1.82) is 0 Å². The van der Waals surface area contributed by atoms with Crippen molar-refractivity contribution in [1.82, 2.24) is 15.1 Å². The Labute approximate surface area is 192 Å². The minimum Gasteiger partial charge on any atom is -0.479 e. The van der Waals surface area contributed by atoms with Gasteiger partial charge in [-0.25, -0.2) is 4.79 Å². The number of amides is 1. The molecule has 8 nitrogen and oxygen atoms in total. The predicted octanol–water partition coefficient (Wildman–Crippen LogP) is 3.23. The molecule has 0 aliphatic carbocycles. The van der Waals surface area contributed by atoms with Crippen molar-refractivity contribution < 1.29 is 37.7 Å². The van der Waals surface area contributed by atoms with E-state index in [1.807, 2.05) is 13.0 Å². The van der Waals surface area contributed by atoms with Crippen molar-refractivity contribution >= 4 is 11.9 Å². The van der Waals surface area contributed by atoms with Gasteiger partial charge in [-0.15, -0.1) is 13.2 Å². The van der Waals surface area contributed by atoms with Gasteiger partial charge in [-0.2, -0.15) is 5.10 Å². The number of aliphatic hydroxyl groups is 1. The zero-order valence-electron chi connectivity index (χ0n) is 18.0. The van der Waals surface area contributed by atoms with Crippen LogP contribution in [0.3, 0.4) is 0 Å². The third-order valence-corrected chi connectivity index (χ3v) is 4.90. The molecule has 0 radical (unpaired) electrons. The lowest BCUT2D eigenvalue weighted by atomic mass is 10.1. The van der Waals surface area contributed by atoms with E-state index in [9.17, 15) is 27.9 Å². The van der Waals surface area contributed by atoms with Crippen molar-refractivity contribution in [3.63, 3.8) is 0 Å². The van der Waals surface area contributed by atoms with Crippen LogP contribution in [0.25, 0.3) is 11.3 Å². The number of halogens is 3. The maximum absolute atomic E-state index is 12.4. The van der Waals surface area contributed by atoms with E-state index in [0.29, 0.717) is 29.8 Å². The number of carboxylic acid groups (broad SMARTS) is 1. The Balaban J connectivity index is 1.69. The summed E-state index contributed by atoms with van der Waals surface area (Å²) in [6.07, 6.45) is -5.76. The first-order chi connectivity index (χ1) is 16.1. The zero-order valence-corrected chi connectivity index (χ0v) is 18.0. The summed E-state index contributed by atoms with van der Waals surface area (Å²) in [5.74, 6) is -2.25. The number of nitrogens with one attached hydrogen (secondary N) is 1. The van der Waals surface area contributed by atoms with Crippen LogP contribution in [0.5, 0.6) is 5.75 Å². The number of hydrogen-bond acceptors (Lipinski definition) is 5. The number of nitrogens with zero attached hydrogens (tertiary/aromatic N) is 2. The molecule has 1 aromatic heterocycles. The van der Waals surface area contributed by atoms with E-state index < -0.39 is 30.9 Å². The molecule has 1 atom stereocenters. The average molecular weight is 477 g/mol. The standard InChI is InChI=1S/C23H22F3N3O5/c1-2-17-11-19(15-7-9-18(10-8-15)34-23(24,25)26)28-29(17)13-14-3-5-16(6-4-14)21(31)27-12-20(30)22(32)33/h3-11,20,30H,2,12-13H2,1H3,(H,27,31)(H,32,33). The number of aryl methyl sites for hydroxylation is 1. The highest BCUT2D eigenvalue weighted by molar-refractivity contribution is 5.94. The molecule has 3 N–H and O–H groups in total. The maximum Gasteiger partial charge on any atom is 0.573 e. The van der Waals surface area contributed by atoms with Crippen molar-refractivity contribution in [2.45, 2.75) is 32.4 Å². The fourth-order valence-electron chi connectivity index (χ4n) is 3.16. The third-order valence-electron chi connectivity index (χ3n) is 4.90. The lowest BCUT2D eigenvalue weighted by molar-refractivity contribution is -0.274. The second-order valence-electron chi connectivity index (χ2n) is 7.37. The Morgan fingerprint density at radius 2 is 1.76 bits per heavy atom. The van der Waals surface area contributed by atoms with Crippen LogP contribution in [-0.4, -0.2) is 50.9 Å². The van der Waals surface area contributed by atoms with E-state index in [2.05, 4.69) is 15.2 Å². The molecule has 11 heteroatoms. The van der Waals surface area contributed by atoms with Gasteiger partial charge in [0.05, 0.1) is 18.8 Å². The molecule has 1 heterocycles. The van der Waals surface area contributed by atoms with Gasteiger partial charge in [0.2, 0.25) is 0 Å². The lowest BCUT2D eigenvalue weighted by Crippen LogP contribution is -2.36. The highest BCUT2D eigenvalue weighted by atomic mass is 19.4. The molecule has 0 saturated carbocycles. The van der Waals surface area contributed by atoms with Gasteiger partial charge in [-0.3, -0.25) is 9.48 Å². The highest BCUT2D eigenvalue weighted by Gasteiger charge is 2.31. The summed E-state index contributed by atoms with van der Waals surface area (Å²) in [5.41, 5.74) is 3.30. The Bertz CT molecular complexity index is 1140. The molecule has 2 aromatic carbocycles. The molecule has 1 unspecified atom stereocenters. The maximum atomic E-state index is 12.4. The first-order valence-electron chi connectivity index (χ1n) is 10.3. The van der Waals surface area contributed by atoms with E-state index in [-0.39, 0.29) is 5.75 Å². The molecule has 34 heavy (non-hydrogen) atoms. The SMILES string of the molecule is CCc1cc(-c2ccc(OC(F)(F)F)cc2)nn1Cc1ccc(C(=O)NCC(O)C(=O)O)cc1. The van der Waals surface area contributed by atoms with E-state index in [1.165, 1.54) is 24.3 Å². The van der Waals surface area contributed by atoms with Crippen LogP contribution in [0.1, 0.15) is 28.5 Å². The van der Waals surface area contributed by atoms with Gasteiger partial charge in [0, 0.05) is 16.8 Å². The van der Waals surface area contributed by atoms with Gasteiger partial charge in [0.25, 0.3) is 5.91 Å². The molecule has 3 aromatic rings. The molecule has 0 aliphatic heterocycles. The number of aliphatic hydroxyl groups excluding tert-OH is 1. The van der Waals surface area contributed by atoms with Crippen LogP contribution >= 0.6 is 0 Å². The molecule has 180 valence electrons. The number of aliphatic carboxylic acids is 1. The summed E-state index contributed by atoms with van der Waals surface area (Å²) in [4.78, 5) is 22.7. The first kappa shape index (κ1) is 24.8. The number of hydrogen-bond donors (Lipinski definition) is 3. The molecule has 0 spiro atoms. The van der Waals surface area contributed by atoms with E-state index in [1.54, 1.807) is 28.9 Å². The highest BCUT2D eigenvalue weighted by Crippen LogP contribution is 2.26. The fourth-order valence-corrected chi connectivity index (χ4v) is 3.16. The Hall–Kier alpha value is -3.86.